The van der Waals surface area contributed by atoms with Gasteiger partial charge in [-0.2, -0.15) is 0 Å². The number of hydrogen-bond acceptors (Lipinski definition) is 5. The highest BCUT2D eigenvalue weighted by Crippen LogP contribution is 2.33. The maximum absolute atomic E-state index is 12.3. The zero-order valence-corrected chi connectivity index (χ0v) is 17.8. The summed E-state index contributed by atoms with van der Waals surface area (Å²) in [6.07, 6.45) is 3.85. The van der Waals surface area contributed by atoms with Crippen LogP contribution in [0.4, 0.5) is 5.95 Å². The predicted octanol–water partition coefficient (Wildman–Crippen LogP) is 2.77. The Morgan fingerprint density at radius 2 is 1.87 bits per heavy atom. The van der Waals surface area contributed by atoms with Crippen LogP contribution in [0.5, 0.6) is 0 Å². The minimum absolute atomic E-state index is 0.179. The molecule has 1 aromatic heterocycles. The molecule has 2 saturated heterocycles. The van der Waals surface area contributed by atoms with E-state index >= 15 is 0 Å². The van der Waals surface area contributed by atoms with Gasteiger partial charge in [0.15, 0.2) is 5.78 Å². The van der Waals surface area contributed by atoms with Crippen LogP contribution in [0, 0.1) is 0 Å². The van der Waals surface area contributed by atoms with Crippen molar-refractivity contribution >= 4 is 22.8 Å². The highest BCUT2D eigenvalue weighted by atomic mass is 16.1. The Hall–Kier alpha value is -2.70. The minimum atomic E-state index is 0.179. The Kier molecular flexibility index (Phi) is 4.58. The normalized spacial score (nSPS) is 22.9. The number of piperazine rings is 1. The molecule has 160 valence electrons. The number of benzene rings is 2. The van der Waals surface area contributed by atoms with Crippen molar-refractivity contribution in [3.8, 4) is 0 Å². The number of rotatable bonds is 3. The Morgan fingerprint density at radius 3 is 2.65 bits per heavy atom. The van der Waals surface area contributed by atoms with E-state index in [2.05, 4.69) is 50.4 Å². The summed E-state index contributed by atoms with van der Waals surface area (Å²) in [4.78, 5) is 19.7. The lowest BCUT2D eigenvalue weighted by atomic mass is 9.84. The van der Waals surface area contributed by atoms with E-state index in [-0.39, 0.29) is 11.3 Å². The summed E-state index contributed by atoms with van der Waals surface area (Å²) < 4.78 is 2.27. The standard InChI is InChI=1S/C25H29N5O/c31-22-9-12-30-23-20(22)7-4-8-21(23)28-24(30)29-13-10-25(11-14-29)17-26-19(16-27-25)15-18-5-2-1-3-6-18/h1-8,19,26-27H,9-17H2. The maximum Gasteiger partial charge on any atom is 0.206 e. The number of aryl methyl sites for hydroxylation is 1. The summed E-state index contributed by atoms with van der Waals surface area (Å²) in [6, 6.07) is 17.2. The van der Waals surface area contributed by atoms with Crippen LogP contribution in [0.2, 0.25) is 0 Å². The fourth-order valence-electron chi connectivity index (χ4n) is 5.54. The first-order chi connectivity index (χ1) is 15.2. The molecule has 2 aromatic carbocycles. The number of piperidine rings is 1. The average Bonchev–Trinajstić information content (AvgIpc) is 3.19. The summed E-state index contributed by atoms with van der Waals surface area (Å²) in [5.74, 6) is 1.28. The van der Waals surface area contributed by atoms with Crippen molar-refractivity contribution < 1.29 is 4.79 Å². The molecule has 6 nitrogen and oxygen atoms in total. The number of hydrogen-bond donors (Lipinski definition) is 2. The van der Waals surface area contributed by atoms with E-state index in [0.29, 0.717) is 12.5 Å². The van der Waals surface area contributed by atoms with Crippen LogP contribution >= 0.6 is 0 Å². The number of ketones is 1. The van der Waals surface area contributed by atoms with Crippen molar-refractivity contribution in [2.24, 2.45) is 0 Å². The van der Waals surface area contributed by atoms with Crippen LogP contribution < -0.4 is 15.5 Å². The fraction of sp³-hybridized carbons (Fsp3) is 0.440. The van der Waals surface area contributed by atoms with E-state index in [1.165, 1.54) is 5.56 Å². The van der Waals surface area contributed by atoms with Gasteiger partial charge >= 0.3 is 0 Å². The highest BCUT2D eigenvalue weighted by Gasteiger charge is 2.39. The molecule has 2 fully saturated rings. The Morgan fingerprint density at radius 1 is 1.03 bits per heavy atom. The minimum Gasteiger partial charge on any atom is -0.342 e. The molecule has 1 atom stereocenters. The van der Waals surface area contributed by atoms with Crippen LogP contribution in [-0.2, 0) is 13.0 Å². The van der Waals surface area contributed by atoms with E-state index in [0.717, 1.165) is 74.5 Å². The SMILES string of the molecule is O=C1CCn2c(N3CCC4(CC3)CNC(Cc3ccccc3)CN4)nc3cccc1c32. The Balaban J connectivity index is 1.14. The molecule has 1 unspecified atom stereocenters. The Bertz CT molecular complexity index is 1100. The number of nitrogens with one attached hydrogen (secondary N) is 2. The number of imidazole rings is 1. The van der Waals surface area contributed by atoms with Crippen molar-refractivity contribution in [3.63, 3.8) is 0 Å². The van der Waals surface area contributed by atoms with Gasteiger partial charge in [0.05, 0.1) is 11.0 Å². The van der Waals surface area contributed by atoms with E-state index in [9.17, 15) is 4.79 Å². The van der Waals surface area contributed by atoms with Gasteiger partial charge < -0.3 is 20.1 Å². The molecule has 3 aromatic rings. The zero-order chi connectivity index (χ0) is 20.8. The molecule has 0 bridgehead atoms. The molecule has 6 rings (SSSR count). The molecule has 2 N–H and O–H groups in total. The molecular weight excluding hydrogens is 386 g/mol. The lowest BCUT2D eigenvalue weighted by molar-refractivity contribution is 0.0973. The summed E-state index contributed by atoms with van der Waals surface area (Å²) in [5, 5.41) is 7.71. The number of carbonyl (C=O) groups excluding carboxylic acids is 1. The first-order valence-corrected chi connectivity index (χ1v) is 11.5. The molecule has 3 aliphatic heterocycles. The summed E-state index contributed by atoms with van der Waals surface area (Å²) in [5.41, 5.74) is 4.38. The zero-order valence-electron chi connectivity index (χ0n) is 17.8. The third-order valence-corrected chi connectivity index (χ3v) is 7.39. The molecule has 1 spiro atoms. The van der Waals surface area contributed by atoms with Gasteiger partial charge in [-0.3, -0.25) is 4.79 Å². The Labute approximate surface area is 182 Å². The van der Waals surface area contributed by atoms with Gasteiger partial charge in [0, 0.05) is 56.3 Å². The van der Waals surface area contributed by atoms with E-state index in [1.54, 1.807) is 0 Å². The number of Topliss-reactive ketones (excluding diaryl/α,β-unsaturated/α-hetero) is 1. The quantitative estimate of drug-likeness (QED) is 0.689. The maximum atomic E-state index is 12.3. The summed E-state index contributed by atoms with van der Waals surface area (Å²) >= 11 is 0. The van der Waals surface area contributed by atoms with Crippen LogP contribution in [0.1, 0.15) is 35.2 Å². The van der Waals surface area contributed by atoms with Crippen LogP contribution in [-0.4, -0.2) is 53.1 Å². The smallest absolute Gasteiger partial charge is 0.206 e. The van der Waals surface area contributed by atoms with Crippen molar-refractivity contribution in [1.29, 1.82) is 0 Å². The van der Waals surface area contributed by atoms with E-state index < -0.39 is 0 Å². The summed E-state index contributed by atoms with van der Waals surface area (Å²) in [6.45, 7) is 4.76. The van der Waals surface area contributed by atoms with Gasteiger partial charge in [-0.1, -0.05) is 36.4 Å². The monoisotopic (exact) mass is 415 g/mol. The van der Waals surface area contributed by atoms with E-state index in [4.69, 9.17) is 4.98 Å². The van der Waals surface area contributed by atoms with Gasteiger partial charge in [0.1, 0.15) is 0 Å². The molecular formula is C25H29N5O. The number of carbonyl (C=O) groups is 1. The topological polar surface area (TPSA) is 62.2 Å². The van der Waals surface area contributed by atoms with Gasteiger partial charge in [-0.15, -0.1) is 0 Å². The first-order valence-electron chi connectivity index (χ1n) is 11.5. The highest BCUT2D eigenvalue weighted by molar-refractivity contribution is 6.08. The van der Waals surface area contributed by atoms with Crippen LogP contribution in [0.25, 0.3) is 11.0 Å². The van der Waals surface area contributed by atoms with Crippen LogP contribution in [0.15, 0.2) is 48.5 Å². The van der Waals surface area contributed by atoms with Gasteiger partial charge in [-0.05, 0) is 37.0 Å². The third-order valence-electron chi connectivity index (χ3n) is 7.39. The molecule has 6 heteroatoms. The van der Waals surface area contributed by atoms with Crippen molar-refractivity contribution in [2.45, 2.75) is 43.8 Å². The third kappa shape index (κ3) is 3.34. The predicted molar refractivity (Wildman–Crippen MR) is 123 cm³/mol. The second-order valence-electron chi connectivity index (χ2n) is 9.33. The van der Waals surface area contributed by atoms with Gasteiger partial charge in [0.25, 0.3) is 0 Å². The number of para-hydroxylation sites is 1. The van der Waals surface area contributed by atoms with Crippen molar-refractivity contribution in [3.05, 3.63) is 59.7 Å². The van der Waals surface area contributed by atoms with Gasteiger partial charge in [-0.25, -0.2) is 4.98 Å². The molecule has 0 radical (unpaired) electrons. The fourth-order valence-corrected chi connectivity index (χ4v) is 5.54. The average molecular weight is 416 g/mol. The lowest BCUT2D eigenvalue weighted by Gasteiger charge is -2.47. The molecule has 31 heavy (non-hydrogen) atoms. The van der Waals surface area contributed by atoms with Gasteiger partial charge in [0.2, 0.25) is 5.95 Å². The molecule has 0 amide bonds. The first kappa shape index (κ1) is 19.0. The number of aromatic nitrogens is 2. The second-order valence-corrected chi connectivity index (χ2v) is 9.33. The molecule has 0 aliphatic carbocycles. The summed E-state index contributed by atoms with van der Waals surface area (Å²) in [7, 11) is 0. The largest absolute Gasteiger partial charge is 0.342 e. The second kappa shape index (κ2) is 7.46. The van der Waals surface area contributed by atoms with Crippen LogP contribution in [0.3, 0.4) is 0 Å². The molecule has 0 saturated carbocycles. The lowest BCUT2D eigenvalue weighted by Crippen LogP contribution is -2.66. The number of nitrogens with zero attached hydrogens (tertiary/aromatic N) is 3. The number of anilines is 1. The van der Waals surface area contributed by atoms with Crippen molar-refractivity contribution in [1.82, 2.24) is 20.2 Å². The molecule has 3 aliphatic rings. The van der Waals surface area contributed by atoms with Crippen molar-refractivity contribution in [2.75, 3.05) is 31.1 Å². The van der Waals surface area contributed by atoms with E-state index in [1.807, 2.05) is 18.2 Å². The molecule has 4 heterocycles.